The average molecular weight is 236 g/mol. The summed E-state index contributed by atoms with van der Waals surface area (Å²) in [6.45, 7) is 6.71. The number of nitrogens with two attached hydrogens (primary N) is 1. The summed E-state index contributed by atoms with van der Waals surface area (Å²) in [5.74, 6) is 5.71. The zero-order valence-electron chi connectivity index (χ0n) is 10.2. The maximum Gasteiger partial charge on any atom is 0.0384 e. The summed E-state index contributed by atoms with van der Waals surface area (Å²) in [7, 11) is 0. The van der Waals surface area contributed by atoms with Crippen molar-refractivity contribution in [1.29, 1.82) is 0 Å². The maximum absolute atomic E-state index is 5.71. The lowest BCUT2D eigenvalue weighted by Crippen LogP contribution is -2.50. The monoisotopic (exact) mass is 236 g/mol. The molecule has 0 aromatic heterocycles. The molecule has 2 rings (SSSR count). The number of hydrogen-bond acceptors (Lipinski definition) is 3. The van der Waals surface area contributed by atoms with Gasteiger partial charge in [0.25, 0.3) is 0 Å². The van der Waals surface area contributed by atoms with E-state index in [-0.39, 0.29) is 5.41 Å². The molecular weight excluding hydrogens is 216 g/mol. The number of thioether (sulfide) groups is 1. The third-order valence-corrected chi connectivity index (χ3v) is 4.55. The van der Waals surface area contributed by atoms with Crippen LogP contribution in [0.5, 0.6) is 0 Å². The van der Waals surface area contributed by atoms with Gasteiger partial charge in [0.05, 0.1) is 0 Å². The van der Waals surface area contributed by atoms with Gasteiger partial charge >= 0.3 is 0 Å². The normalized spacial score (nSPS) is 21.9. The predicted molar refractivity (Wildman–Crippen MR) is 70.4 cm³/mol. The molecule has 2 unspecified atom stereocenters. The average Bonchev–Trinajstić information content (AvgIpc) is 2.59. The van der Waals surface area contributed by atoms with Crippen molar-refractivity contribution in [3.63, 3.8) is 0 Å². The van der Waals surface area contributed by atoms with Crippen LogP contribution < -0.4 is 11.3 Å². The summed E-state index contributed by atoms with van der Waals surface area (Å²) in [5.41, 5.74) is 4.65. The minimum atomic E-state index is 0.189. The van der Waals surface area contributed by atoms with Gasteiger partial charge < -0.3 is 0 Å². The van der Waals surface area contributed by atoms with Crippen molar-refractivity contribution in [3.05, 3.63) is 29.8 Å². The van der Waals surface area contributed by atoms with Gasteiger partial charge in [-0.1, -0.05) is 39.0 Å². The largest absolute Gasteiger partial charge is 0.271 e. The van der Waals surface area contributed by atoms with Crippen LogP contribution in [0.15, 0.2) is 29.2 Å². The van der Waals surface area contributed by atoms with Gasteiger partial charge in [-0.2, -0.15) is 0 Å². The molecule has 0 aliphatic carbocycles. The highest BCUT2D eigenvalue weighted by molar-refractivity contribution is 8.00. The number of hydrogen-bond donors (Lipinski definition) is 2. The number of fused-ring (bicyclic) bond motifs is 1. The van der Waals surface area contributed by atoms with Crippen LogP contribution in [0.25, 0.3) is 0 Å². The van der Waals surface area contributed by atoms with E-state index < -0.39 is 0 Å². The van der Waals surface area contributed by atoms with Crippen LogP contribution in [0, 0.1) is 5.41 Å². The summed E-state index contributed by atoms with van der Waals surface area (Å²) >= 11 is 1.95. The SMILES string of the molecule is CC(C)(C)C(NN)C1Cc2ccccc2S1. The minimum absolute atomic E-state index is 0.189. The van der Waals surface area contributed by atoms with Crippen molar-refractivity contribution in [3.8, 4) is 0 Å². The second kappa shape index (κ2) is 4.40. The van der Waals surface area contributed by atoms with E-state index in [4.69, 9.17) is 5.84 Å². The van der Waals surface area contributed by atoms with Crippen LogP contribution in [-0.2, 0) is 6.42 Å². The van der Waals surface area contributed by atoms with Crippen LogP contribution in [0.1, 0.15) is 26.3 Å². The molecule has 1 aromatic carbocycles. The second-order valence-corrected chi connectivity index (χ2v) is 6.76. The Labute approximate surface area is 102 Å². The molecule has 2 atom stereocenters. The lowest BCUT2D eigenvalue weighted by molar-refractivity contribution is 0.264. The van der Waals surface area contributed by atoms with Crippen LogP contribution >= 0.6 is 11.8 Å². The molecule has 1 aliphatic rings. The summed E-state index contributed by atoms with van der Waals surface area (Å²) in [6, 6.07) is 8.99. The molecule has 88 valence electrons. The Morgan fingerprint density at radius 3 is 2.62 bits per heavy atom. The molecule has 3 N–H and O–H groups in total. The Bertz CT molecular complexity index is 345. The Balaban J connectivity index is 2.16. The Morgan fingerprint density at radius 1 is 1.38 bits per heavy atom. The Hall–Kier alpha value is -0.510. The maximum atomic E-state index is 5.71. The number of benzene rings is 1. The summed E-state index contributed by atoms with van der Waals surface area (Å²) in [4.78, 5) is 1.41. The molecule has 3 heteroatoms. The van der Waals surface area contributed by atoms with Gasteiger partial charge in [-0.15, -0.1) is 11.8 Å². The first-order valence-electron chi connectivity index (χ1n) is 5.73. The molecule has 0 amide bonds. The van der Waals surface area contributed by atoms with Crippen molar-refractivity contribution < 1.29 is 0 Å². The van der Waals surface area contributed by atoms with E-state index in [0.717, 1.165) is 6.42 Å². The van der Waals surface area contributed by atoms with Gasteiger partial charge in [-0.25, -0.2) is 0 Å². The molecule has 0 saturated heterocycles. The molecule has 0 bridgehead atoms. The van der Waals surface area contributed by atoms with Gasteiger partial charge in [-0.3, -0.25) is 11.3 Å². The fraction of sp³-hybridized carbons (Fsp3) is 0.538. The first-order chi connectivity index (χ1) is 7.52. The highest BCUT2D eigenvalue weighted by atomic mass is 32.2. The Kier molecular flexibility index (Phi) is 3.29. The molecule has 1 aromatic rings. The first-order valence-corrected chi connectivity index (χ1v) is 6.61. The van der Waals surface area contributed by atoms with E-state index in [9.17, 15) is 0 Å². The predicted octanol–water partition coefficient (Wildman–Crippen LogP) is 2.58. The van der Waals surface area contributed by atoms with E-state index in [0.29, 0.717) is 11.3 Å². The summed E-state index contributed by atoms with van der Waals surface area (Å²) < 4.78 is 0. The second-order valence-electron chi connectivity index (χ2n) is 5.48. The fourth-order valence-electron chi connectivity index (χ4n) is 2.31. The zero-order valence-corrected chi connectivity index (χ0v) is 11.0. The molecular formula is C13H20N2S. The molecule has 0 radical (unpaired) electrons. The Morgan fingerprint density at radius 2 is 2.06 bits per heavy atom. The molecule has 2 nitrogen and oxygen atoms in total. The quantitative estimate of drug-likeness (QED) is 0.612. The number of rotatable bonds is 2. The van der Waals surface area contributed by atoms with E-state index in [1.807, 2.05) is 11.8 Å². The molecule has 0 fully saturated rings. The zero-order chi connectivity index (χ0) is 11.8. The van der Waals surface area contributed by atoms with Crippen LogP contribution in [0.4, 0.5) is 0 Å². The number of hydrazine groups is 1. The van der Waals surface area contributed by atoms with Gasteiger partial charge in [0.2, 0.25) is 0 Å². The minimum Gasteiger partial charge on any atom is -0.271 e. The lowest BCUT2D eigenvalue weighted by atomic mass is 9.83. The summed E-state index contributed by atoms with van der Waals surface area (Å²) in [6.07, 6.45) is 1.12. The lowest BCUT2D eigenvalue weighted by Gasteiger charge is -2.34. The molecule has 1 heterocycles. The van der Waals surface area contributed by atoms with Gasteiger partial charge in [0, 0.05) is 16.2 Å². The summed E-state index contributed by atoms with van der Waals surface area (Å²) in [5, 5.41) is 0.544. The van der Waals surface area contributed by atoms with Gasteiger partial charge in [0.15, 0.2) is 0 Å². The number of nitrogens with one attached hydrogen (secondary N) is 1. The smallest absolute Gasteiger partial charge is 0.0384 e. The first kappa shape index (κ1) is 12.0. The van der Waals surface area contributed by atoms with Gasteiger partial charge in [-0.05, 0) is 23.5 Å². The van der Waals surface area contributed by atoms with Crippen LogP contribution in [-0.4, -0.2) is 11.3 Å². The molecule has 0 saturated carbocycles. The van der Waals surface area contributed by atoms with Crippen LogP contribution in [0.2, 0.25) is 0 Å². The standard InChI is InChI=1S/C13H20N2S/c1-13(2,3)12(15-14)11-8-9-6-4-5-7-10(9)16-11/h4-7,11-12,15H,8,14H2,1-3H3. The fourth-order valence-corrected chi connectivity index (χ4v) is 3.98. The highest BCUT2D eigenvalue weighted by Crippen LogP contribution is 2.41. The third-order valence-electron chi connectivity index (χ3n) is 3.16. The molecule has 1 aliphatic heterocycles. The van der Waals surface area contributed by atoms with Crippen molar-refractivity contribution in [2.45, 2.75) is 43.4 Å². The highest BCUT2D eigenvalue weighted by Gasteiger charge is 2.35. The van der Waals surface area contributed by atoms with E-state index in [2.05, 4.69) is 50.5 Å². The topological polar surface area (TPSA) is 38.0 Å². The van der Waals surface area contributed by atoms with E-state index in [1.54, 1.807) is 0 Å². The van der Waals surface area contributed by atoms with E-state index in [1.165, 1.54) is 10.5 Å². The van der Waals surface area contributed by atoms with Crippen molar-refractivity contribution in [1.82, 2.24) is 5.43 Å². The van der Waals surface area contributed by atoms with Crippen molar-refractivity contribution in [2.24, 2.45) is 11.3 Å². The molecule has 0 spiro atoms. The molecule has 16 heavy (non-hydrogen) atoms. The van der Waals surface area contributed by atoms with Crippen LogP contribution in [0.3, 0.4) is 0 Å². The van der Waals surface area contributed by atoms with E-state index >= 15 is 0 Å². The third kappa shape index (κ3) is 2.26. The van der Waals surface area contributed by atoms with Crippen molar-refractivity contribution >= 4 is 11.8 Å². The van der Waals surface area contributed by atoms with Crippen molar-refractivity contribution in [2.75, 3.05) is 0 Å². The van der Waals surface area contributed by atoms with Gasteiger partial charge in [0.1, 0.15) is 0 Å².